The largest absolute Gasteiger partial charge is 0.438 e. The van der Waals surface area contributed by atoms with Crippen LogP contribution in [0.15, 0.2) is 58.4 Å². The summed E-state index contributed by atoms with van der Waals surface area (Å²) in [6.45, 7) is 3.00. The second-order valence-electron chi connectivity index (χ2n) is 7.86. The number of rotatable bonds is 5. The Morgan fingerprint density at radius 1 is 1.24 bits per heavy atom. The van der Waals surface area contributed by atoms with E-state index in [0.717, 1.165) is 18.4 Å². The molecule has 3 aromatic rings. The monoisotopic (exact) mass is 479 g/mol. The van der Waals surface area contributed by atoms with Gasteiger partial charge in [-0.05, 0) is 49.6 Å². The Labute approximate surface area is 200 Å². The number of amides is 1. The number of aryl methyl sites for hydroxylation is 1. The van der Waals surface area contributed by atoms with Crippen LogP contribution in [-0.4, -0.2) is 43.8 Å². The number of hydrogen-bond acceptors (Lipinski definition) is 7. The average molecular weight is 480 g/mol. The molecule has 0 aliphatic carbocycles. The molecular weight excluding hydrogens is 458 g/mol. The Morgan fingerprint density at radius 3 is 2.82 bits per heavy atom. The van der Waals surface area contributed by atoms with Gasteiger partial charge in [-0.1, -0.05) is 48.2 Å². The van der Waals surface area contributed by atoms with Gasteiger partial charge in [-0.2, -0.15) is 4.98 Å². The number of thiocarbonyl (C=S) groups is 1. The molecule has 1 amide bonds. The number of pyridine rings is 1. The highest BCUT2D eigenvalue weighted by Crippen LogP contribution is 2.35. The third-order valence-electron chi connectivity index (χ3n) is 5.57. The molecule has 1 aromatic carbocycles. The van der Waals surface area contributed by atoms with Crippen LogP contribution in [0.4, 0.5) is 0 Å². The van der Waals surface area contributed by atoms with Crippen LogP contribution in [0, 0.1) is 6.92 Å². The summed E-state index contributed by atoms with van der Waals surface area (Å²) in [4.78, 5) is 33.1. The van der Waals surface area contributed by atoms with E-state index in [1.165, 1.54) is 22.2 Å². The first kappa shape index (κ1) is 21.8. The Morgan fingerprint density at radius 2 is 2.06 bits per heavy atom. The third-order valence-corrected chi connectivity index (χ3v) is 6.94. The molecule has 2 fully saturated rings. The molecule has 0 spiro atoms. The smallest absolute Gasteiger partial charge is 0.269 e. The Kier molecular flexibility index (Phi) is 6.01. The van der Waals surface area contributed by atoms with E-state index in [9.17, 15) is 9.59 Å². The molecule has 168 valence electrons. The van der Waals surface area contributed by atoms with Crippen molar-refractivity contribution in [3.05, 3.63) is 75.0 Å². The molecule has 2 saturated heterocycles. The predicted octanol–water partition coefficient (Wildman–Crippen LogP) is 4.18. The van der Waals surface area contributed by atoms with Crippen molar-refractivity contribution in [3.63, 3.8) is 0 Å². The summed E-state index contributed by atoms with van der Waals surface area (Å²) in [5.74, 6) is 0.452. The predicted molar refractivity (Wildman–Crippen MR) is 132 cm³/mol. The van der Waals surface area contributed by atoms with Gasteiger partial charge in [0.15, 0.2) is 0 Å². The number of aromatic nitrogens is 2. The first-order valence-electron chi connectivity index (χ1n) is 10.6. The molecule has 0 bridgehead atoms. The number of hydrogen-bond donors (Lipinski definition) is 0. The maximum absolute atomic E-state index is 13.4. The third kappa shape index (κ3) is 4.31. The van der Waals surface area contributed by atoms with Crippen molar-refractivity contribution in [3.8, 4) is 11.6 Å². The summed E-state index contributed by atoms with van der Waals surface area (Å²) >= 11 is 6.63. The lowest BCUT2D eigenvalue weighted by Crippen LogP contribution is -2.35. The van der Waals surface area contributed by atoms with Gasteiger partial charge in [0.25, 0.3) is 11.5 Å². The van der Waals surface area contributed by atoms with E-state index in [1.807, 2.05) is 31.2 Å². The van der Waals surface area contributed by atoms with Crippen molar-refractivity contribution in [2.75, 3.05) is 13.2 Å². The summed E-state index contributed by atoms with van der Waals surface area (Å²) in [6.07, 6.45) is 5.07. The fourth-order valence-corrected chi connectivity index (χ4v) is 5.13. The Balaban J connectivity index is 1.58. The van der Waals surface area contributed by atoms with Gasteiger partial charge in [-0.15, -0.1) is 0 Å². The summed E-state index contributed by atoms with van der Waals surface area (Å²) in [5.41, 5.74) is 1.21. The minimum Gasteiger partial charge on any atom is -0.438 e. The number of ether oxygens (including phenoxy) is 2. The van der Waals surface area contributed by atoms with Crippen LogP contribution in [0.25, 0.3) is 11.7 Å². The van der Waals surface area contributed by atoms with Gasteiger partial charge in [-0.3, -0.25) is 18.9 Å². The van der Waals surface area contributed by atoms with E-state index in [1.54, 1.807) is 29.3 Å². The number of carbonyl (C=O) groups is 1. The maximum atomic E-state index is 13.4. The Bertz CT molecular complexity index is 1330. The van der Waals surface area contributed by atoms with E-state index in [-0.39, 0.29) is 29.0 Å². The molecule has 7 nitrogen and oxygen atoms in total. The van der Waals surface area contributed by atoms with Crippen molar-refractivity contribution in [2.45, 2.75) is 25.9 Å². The van der Waals surface area contributed by atoms with Crippen LogP contribution < -0.4 is 10.3 Å². The van der Waals surface area contributed by atoms with Crippen molar-refractivity contribution in [2.24, 2.45) is 0 Å². The lowest BCUT2D eigenvalue weighted by molar-refractivity contribution is -0.123. The van der Waals surface area contributed by atoms with Crippen LogP contribution in [0.3, 0.4) is 0 Å². The number of fused-ring (bicyclic) bond motifs is 1. The number of thioether (sulfide) groups is 1. The molecule has 2 aliphatic heterocycles. The van der Waals surface area contributed by atoms with E-state index in [0.29, 0.717) is 33.8 Å². The van der Waals surface area contributed by atoms with Crippen LogP contribution >= 0.6 is 24.0 Å². The van der Waals surface area contributed by atoms with E-state index in [2.05, 4.69) is 4.98 Å². The van der Waals surface area contributed by atoms with Crippen LogP contribution in [0.5, 0.6) is 11.6 Å². The van der Waals surface area contributed by atoms with Gasteiger partial charge in [-0.25, -0.2) is 0 Å². The summed E-state index contributed by atoms with van der Waals surface area (Å²) in [7, 11) is 0. The summed E-state index contributed by atoms with van der Waals surface area (Å²) < 4.78 is 13.6. The average Bonchev–Trinajstić information content (AvgIpc) is 3.42. The van der Waals surface area contributed by atoms with E-state index < -0.39 is 0 Å². The first-order valence-corrected chi connectivity index (χ1v) is 11.9. The number of para-hydroxylation sites is 1. The molecule has 0 radical (unpaired) electrons. The first-order chi connectivity index (χ1) is 16.0. The van der Waals surface area contributed by atoms with Crippen molar-refractivity contribution in [1.29, 1.82) is 0 Å². The summed E-state index contributed by atoms with van der Waals surface area (Å²) in [6, 6.07) is 12.8. The van der Waals surface area contributed by atoms with Gasteiger partial charge in [0.05, 0.1) is 17.6 Å². The molecule has 2 aliphatic rings. The second kappa shape index (κ2) is 9.09. The van der Waals surface area contributed by atoms with Gasteiger partial charge < -0.3 is 9.47 Å². The zero-order valence-electron chi connectivity index (χ0n) is 17.9. The fourth-order valence-electron chi connectivity index (χ4n) is 3.87. The van der Waals surface area contributed by atoms with Gasteiger partial charge in [0, 0.05) is 12.8 Å². The van der Waals surface area contributed by atoms with Crippen LogP contribution in [-0.2, 0) is 9.53 Å². The standard InChI is InChI=1S/C24H21N3O4S2/c1-15-7-5-11-26-20(15)25-21(31-16-8-3-2-4-9-16)18(22(26)28)13-19-23(29)27(24(32)33-19)14-17-10-6-12-30-17/h2-5,7-9,11,13,17H,6,10,12,14H2,1H3. The number of benzene rings is 1. The SMILES string of the molecule is Cc1cccn2c(=O)c(C=C3SC(=S)N(CC4CCCO4)C3=O)c(Oc3ccccc3)nc12. The molecular formula is C24H21N3O4S2. The zero-order chi connectivity index (χ0) is 22.9. The highest BCUT2D eigenvalue weighted by Gasteiger charge is 2.35. The lowest BCUT2D eigenvalue weighted by atomic mass is 10.2. The number of carbonyl (C=O) groups excluding carboxylic acids is 1. The van der Waals surface area contributed by atoms with Gasteiger partial charge in [0.1, 0.15) is 21.3 Å². The quantitative estimate of drug-likeness (QED) is 0.402. The van der Waals surface area contributed by atoms with Crippen molar-refractivity contribution >= 4 is 45.9 Å². The highest BCUT2D eigenvalue weighted by atomic mass is 32.2. The fraction of sp³-hybridized carbons (Fsp3) is 0.250. The zero-order valence-corrected chi connectivity index (χ0v) is 19.5. The lowest BCUT2D eigenvalue weighted by Gasteiger charge is -2.18. The summed E-state index contributed by atoms with van der Waals surface area (Å²) in [5, 5.41) is 0. The van der Waals surface area contributed by atoms with Crippen molar-refractivity contribution in [1.82, 2.24) is 14.3 Å². The molecule has 2 aromatic heterocycles. The molecule has 33 heavy (non-hydrogen) atoms. The van der Waals surface area contributed by atoms with Crippen molar-refractivity contribution < 1.29 is 14.3 Å². The van der Waals surface area contributed by atoms with Crippen LogP contribution in [0.1, 0.15) is 24.0 Å². The van der Waals surface area contributed by atoms with E-state index >= 15 is 0 Å². The molecule has 0 N–H and O–H groups in total. The van der Waals surface area contributed by atoms with E-state index in [4.69, 9.17) is 21.7 Å². The van der Waals surface area contributed by atoms with Gasteiger partial charge in [0.2, 0.25) is 5.88 Å². The molecule has 1 atom stereocenters. The topological polar surface area (TPSA) is 73.1 Å². The Hall–Kier alpha value is -3.01. The minimum atomic E-state index is -0.320. The minimum absolute atomic E-state index is 0.0141. The second-order valence-corrected chi connectivity index (χ2v) is 9.54. The normalized spacial score (nSPS) is 19.7. The molecule has 5 rings (SSSR count). The molecule has 1 unspecified atom stereocenters. The molecule has 9 heteroatoms. The maximum Gasteiger partial charge on any atom is 0.269 e. The highest BCUT2D eigenvalue weighted by molar-refractivity contribution is 8.26. The van der Waals surface area contributed by atoms with Crippen LogP contribution in [0.2, 0.25) is 0 Å². The molecule has 4 heterocycles. The van der Waals surface area contributed by atoms with Gasteiger partial charge >= 0.3 is 0 Å². The number of nitrogens with zero attached hydrogens (tertiary/aromatic N) is 3. The molecule has 0 saturated carbocycles.